The molecule has 2 aromatic heterocycles. The lowest BCUT2D eigenvalue weighted by atomic mass is 10.1. The predicted molar refractivity (Wildman–Crippen MR) is 116 cm³/mol. The van der Waals surface area contributed by atoms with Crippen LogP contribution in [-0.4, -0.2) is 38.4 Å². The van der Waals surface area contributed by atoms with Crippen LogP contribution >= 0.6 is 22.9 Å². The molecule has 2 aliphatic rings. The van der Waals surface area contributed by atoms with Crippen molar-refractivity contribution < 1.29 is 14.3 Å². The number of carbonyl (C=O) groups is 2. The molecule has 0 bridgehead atoms. The molecule has 160 valence electrons. The van der Waals surface area contributed by atoms with Gasteiger partial charge in [-0.15, -0.1) is 0 Å². The highest BCUT2D eigenvalue weighted by Crippen LogP contribution is 2.41. The molecule has 1 fully saturated rings. The van der Waals surface area contributed by atoms with Crippen LogP contribution in [-0.2, 0) is 6.54 Å². The summed E-state index contributed by atoms with van der Waals surface area (Å²) in [6, 6.07) is 2.11. The van der Waals surface area contributed by atoms with Crippen molar-refractivity contribution >= 4 is 34.9 Å². The fraction of sp³-hybridized carbons (Fsp3) is 0.524. The number of amides is 2. The molecule has 4 rings (SSSR count). The zero-order chi connectivity index (χ0) is 21.8. The molecule has 30 heavy (non-hydrogen) atoms. The Hall–Kier alpha value is -2.19. The van der Waals surface area contributed by atoms with Crippen molar-refractivity contribution in [3.8, 4) is 15.8 Å². The first-order chi connectivity index (χ1) is 14.0. The number of rotatable bonds is 4. The van der Waals surface area contributed by atoms with Crippen molar-refractivity contribution in [2.45, 2.75) is 65.6 Å². The van der Waals surface area contributed by atoms with Gasteiger partial charge in [0.05, 0.1) is 21.8 Å². The van der Waals surface area contributed by atoms with E-state index in [0.717, 1.165) is 10.4 Å². The molecule has 1 saturated carbocycles. The zero-order valence-electron chi connectivity index (χ0n) is 17.7. The highest BCUT2D eigenvalue weighted by Gasteiger charge is 2.40. The maximum Gasteiger partial charge on any atom is 0.414 e. The summed E-state index contributed by atoms with van der Waals surface area (Å²) in [7, 11) is 0. The summed E-state index contributed by atoms with van der Waals surface area (Å²) in [5.74, 6) is 0.537. The van der Waals surface area contributed by atoms with Gasteiger partial charge < -0.3 is 15.0 Å². The molecule has 0 aromatic carbocycles. The van der Waals surface area contributed by atoms with E-state index in [2.05, 4.69) is 22.2 Å². The van der Waals surface area contributed by atoms with Crippen molar-refractivity contribution in [3.05, 3.63) is 28.0 Å². The Kier molecular flexibility index (Phi) is 5.26. The number of ether oxygens (including phenoxy) is 1. The minimum atomic E-state index is -0.557. The summed E-state index contributed by atoms with van der Waals surface area (Å²) in [6.45, 7) is 10.1. The lowest BCUT2D eigenvalue weighted by Gasteiger charge is -2.23. The van der Waals surface area contributed by atoms with E-state index < -0.39 is 11.6 Å². The van der Waals surface area contributed by atoms with E-state index in [1.165, 1.54) is 24.2 Å². The van der Waals surface area contributed by atoms with E-state index in [1.807, 2.05) is 38.7 Å². The molecule has 0 radical (unpaired) electrons. The molecular formula is C21H25ClN4O3S. The average molecular weight is 449 g/mol. The standard InChI is InChI=1S/C21H25ClN4O3S/c1-10-16(30-20(23-10)29-19(28)25-21(3,4)5)14-8-13-9-26(11(2)12-6-7-12)18(27)15(13)17(22)24-14/h8,11-12H,6-7,9H2,1-5H3,(H,25,28)/t11-/m0/s1. The van der Waals surface area contributed by atoms with Crippen LogP contribution in [0, 0.1) is 12.8 Å². The van der Waals surface area contributed by atoms with E-state index in [0.29, 0.717) is 29.4 Å². The van der Waals surface area contributed by atoms with Crippen LogP contribution in [0.3, 0.4) is 0 Å². The van der Waals surface area contributed by atoms with Gasteiger partial charge in [-0.1, -0.05) is 22.9 Å². The second kappa shape index (κ2) is 7.50. The maximum absolute atomic E-state index is 12.9. The van der Waals surface area contributed by atoms with Crippen molar-refractivity contribution in [2.24, 2.45) is 5.92 Å². The maximum atomic E-state index is 12.9. The lowest BCUT2D eigenvalue weighted by molar-refractivity contribution is 0.0697. The average Bonchev–Trinajstić information content (AvgIpc) is 3.33. The topological polar surface area (TPSA) is 84.4 Å². The molecule has 1 aliphatic heterocycles. The Morgan fingerprint density at radius 2 is 2.07 bits per heavy atom. The van der Waals surface area contributed by atoms with Gasteiger partial charge in [-0.25, -0.2) is 14.8 Å². The molecule has 0 unspecified atom stereocenters. The Morgan fingerprint density at radius 3 is 2.70 bits per heavy atom. The molecule has 1 aliphatic carbocycles. The predicted octanol–water partition coefficient (Wildman–Crippen LogP) is 4.81. The number of hydrogen-bond acceptors (Lipinski definition) is 6. The zero-order valence-corrected chi connectivity index (χ0v) is 19.3. The number of thiazole rings is 1. The van der Waals surface area contributed by atoms with Gasteiger partial charge in [-0.2, -0.15) is 0 Å². The highest BCUT2D eigenvalue weighted by molar-refractivity contribution is 7.17. The van der Waals surface area contributed by atoms with Crippen LogP contribution < -0.4 is 10.1 Å². The summed E-state index contributed by atoms with van der Waals surface area (Å²) >= 11 is 7.66. The molecule has 1 atom stereocenters. The van der Waals surface area contributed by atoms with Crippen LogP contribution in [0.15, 0.2) is 6.07 Å². The van der Waals surface area contributed by atoms with Gasteiger partial charge in [0, 0.05) is 18.1 Å². The van der Waals surface area contributed by atoms with Gasteiger partial charge in [0.25, 0.3) is 11.1 Å². The van der Waals surface area contributed by atoms with Gasteiger partial charge in [0.1, 0.15) is 5.15 Å². The molecule has 2 aromatic rings. The third kappa shape index (κ3) is 4.16. The fourth-order valence-corrected chi connectivity index (χ4v) is 4.83. The molecule has 1 N–H and O–H groups in total. The first-order valence-corrected chi connectivity index (χ1v) is 11.2. The minimum Gasteiger partial charge on any atom is -0.381 e. The number of nitrogens with zero attached hydrogens (tertiary/aromatic N) is 3. The van der Waals surface area contributed by atoms with Crippen LogP contribution in [0.4, 0.5) is 4.79 Å². The number of fused-ring (bicyclic) bond motifs is 1. The van der Waals surface area contributed by atoms with Crippen molar-refractivity contribution in [1.82, 2.24) is 20.2 Å². The number of halogens is 1. The van der Waals surface area contributed by atoms with E-state index >= 15 is 0 Å². The van der Waals surface area contributed by atoms with Gasteiger partial charge in [-0.05, 0) is 65.0 Å². The molecule has 7 nitrogen and oxygen atoms in total. The normalized spacial score (nSPS) is 17.1. The van der Waals surface area contributed by atoms with Crippen molar-refractivity contribution in [3.63, 3.8) is 0 Å². The number of aromatic nitrogens is 2. The van der Waals surface area contributed by atoms with Crippen LogP contribution in [0.1, 0.15) is 62.2 Å². The molecule has 3 heterocycles. The van der Waals surface area contributed by atoms with Crippen molar-refractivity contribution in [2.75, 3.05) is 0 Å². The Labute approximate surface area is 184 Å². The summed E-state index contributed by atoms with van der Waals surface area (Å²) < 4.78 is 5.33. The monoisotopic (exact) mass is 448 g/mol. The second-order valence-electron chi connectivity index (χ2n) is 9.00. The van der Waals surface area contributed by atoms with E-state index in [1.54, 1.807) is 0 Å². The number of aryl methyl sites for hydroxylation is 1. The minimum absolute atomic E-state index is 0.0441. The lowest BCUT2D eigenvalue weighted by Crippen LogP contribution is -2.42. The van der Waals surface area contributed by atoms with E-state index in [-0.39, 0.29) is 22.3 Å². The van der Waals surface area contributed by atoms with Gasteiger partial charge in [0.15, 0.2) is 0 Å². The first-order valence-electron chi connectivity index (χ1n) is 10.0. The van der Waals surface area contributed by atoms with Crippen LogP contribution in [0.25, 0.3) is 10.6 Å². The van der Waals surface area contributed by atoms with E-state index in [9.17, 15) is 9.59 Å². The molecule has 0 spiro atoms. The summed E-state index contributed by atoms with van der Waals surface area (Å²) in [5.41, 5.74) is 2.29. The number of pyridine rings is 1. The highest BCUT2D eigenvalue weighted by atomic mass is 35.5. The fourth-order valence-electron chi connectivity index (χ4n) is 3.66. The summed E-state index contributed by atoms with van der Waals surface area (Å²) in [5, 5.41) is 3.19. The first kappa shape index (κ1) is 21.1. The largest absolute Gasteiger partial charge is 0.414 e. The van der Waals surface area contributed by atoms with Crippen LogP contribution in [0.5, 0.6) is 5.19 Å². The Balaban J connectivity index is 1.58. The van der Waals surface area contributed by atoms with Gasteiger partial charge in [-0.3, -0.25) is 4.79 Å². The van der Waals surface area contributed by atoms with E-state index in [4.69, 9.17) is 16.3 Å². The quantitative estimate of drug-likeness (QED) is 0.678. The van der Waals surface area contributed by atoms with Gasteiger partial charge >= 0.3 is 6.09 Å². The SMILES string of the molecule is Cc1nc(OC(=O)NC(C)(C)C)sc1-c1cc2c(c(Cl)n1)C(=O)N([C@@H](C)C1CC1)C2. The molecule has 2 amide bonds. The third-order valence-corrected chi connectivity index (χ3v) is 6.67. The molecule has 0 saturated heterocycles. The second-order valence-corrected chi connectivity index (χ2v) is 10.3. The Morgan fingerprint density at radius 1 is 1.37 bits per heavy atom. The van der Waals surface area contributed by atoms with Crippen LogP contribution in [0.2, 0.25) is 5.15 Å². The smallest absolute Gasteiger partial charge is 0.381 e. The Bertz CT molecular complexity index is 1030. The number of nitrogens with one attached hydrogen (secondary N) is 1. The third-order valence-electron chi connectivity index (χ3n) is 5.33. The summed E-state index contributed by atoms with van der Waals surface area (Å²) in [6.07, 6.45) is 1.78. The van der Waals surface area contributed by atoms with Gasteiger partial charge in [0.2, 0.25) is 0 Å². The number of carbonyl (C=O) groups excluding carboxylic acids is 2. The molecular weight excluding hydrogens is 424 g/mol. The van der Waals surface area contributed by atoms with Crippen molar-refractivity contribution in [1.29, 1.82) is 0 Å². The summed E-state index contributed by atoms with van der Waals surface area (Å²) in [4.78, 5) is 36.4. The molecule has 9 heteroatoms. The number of hydrogen-bond donors (Lipinski definition) is 1.